The fourth-order valence-corrected chi connectivity index (χ4v) is 3.44. The number of hydrogen-bond acceptors (Lipinski definition) is 5. The Hall–Kier alpha value is -2.01. The SMILES string of the molecule is COc1ccc(OC)c(C=Cc2nc3c(s2)NCCCC3)c1. The van der Waals surface area contributed by atoms with Crippen molar-refractivity contribution in [3.05, 3.63) is 34.5 Å². The predicted octanol–water partition coefficient (Wildman–Crippen LogP) is 4.08. The lowest BCUT2D eigenvalue weighted by molar-refractivity contribution is 0.402. The number of aryl methyl sites for hydroxylation is 1. The van der Waals surface area contributed by atoms with Gasteiger partial charge in [0.05, 0.1) is 19.9 Å². The Balaban J connectivity index is 1.85. The topological polar surface area (TPSA) is 43.4 Å². The Morgan fingerprint density at radius 3 is 2.91 bits per heavy atom. The zero-order chi connectivity index (χ0) is 15.4. The molecule has 1 N–H and O–H groups in total. The van der Waals surface area contributed by atoms with Gasteiger partial charge in [0.15, 0.2) is 0 Å². The second kappa shape index (κ2) is 6.83. The summed E-state index contributed by atoms with van der Waals surface area (Å²) in [7, 11) is 3.34. The van der Waals surface area contributed by atoms with Gasteiger partial charge in [0, 0.05) is 12.1 Å². The zero-order valence-electron chi connectivity index (χ0n) is 12.9. The number of anilines is 1. The van der Waals surface area contributed by atoms with Crippen LogP contribution in [0.15, 0.2) is 18.2 Å². The number of hydrogen-bond donors (Lipinski definition) is 1. The molecule has 2 aromatic rings. The van der Waals surface area contributed by atoms with Crippen molar-refractivity contribution in [2.75, 3.05) is 26.1 Å². The highest BCUT2D eigenvalue weighted by molar-refractivity contribution is 7.16. The molecule has 116 valence electrons. The van der Waals surface area contributed by atoms with Crippen LogP contribution in [0.5, 0.6) is 11.5 Å². The molecule has 1 aliphatic heterocycles. The van der Waals surface area contributed by atoms with Gasteiger partial charge in [-0.25, -0.2) is 4.98 Å². The van der Waals surface area contributed by atoms with Crippen LogP contribution < -0.4 is 14.8 Å². The number of nitrogens with one attached hydrogen (secondary N) is 1. The van der Waals surface area contributed by atoms with Gasteiger partial charge in [-0.05, 0) is 49.6 Å². The van der Waals surface area contributed by atoms with Crippen LogP contribution in [-0.2, 0) is 6.42 Å². The van der Waals surface area contributed by atoms with Crippen LogP contribution in [0.3, 0.4) is 0 Å². The van der Waals surface area contributed by atoms with Gasteiger partial charge >= 0.3 is 0 Å². The molecule has 0 fully saturated rings. The molecule has 0 amide bonds. The van der Waals surface area contributed by atoms with Crippen molar-refractivity contribution in [3.63, 3.8) is 0 Å². The average Bonchev–Trinajstić information content (AvgIpc) is 2.82. The molecule has 1 aromatic carbocycles. The third-order valence-corrected chi connectivity index (χ3v) is 4.70. The maximum absolute atomic E-state index is 5.39. The third-order valence-electron chi connectivity index (χ3n) is 3.68. The summed E-state index contributed by atoms with van der Waals surface area (Å²) in [5.41, 5.74) is 2.18. The van der Waals surface area contributed by atoms with Gasteiger partial charge in [-0.1, -0.05) is 11.3 Å². The highest BCUT2D eigenvalue weighted by Crippen LogP contribution is 2.30. The minimum absolute atomic E-state index is 0.817. The molecule has 22 heavy (non-hydrogen) atoms. The van der Waals surface area contributed by atoms with E-state index in [2.05, 4.69) is 5.32 Å². The van der Waals surface area contributed by atoms with E-state index < -0.39 is 0 Å². The van der Waals surface area contributed by atoms with Crippen LogP contribution in [0.1, 0.15) is 29.1 Å². The molecular weight excluding hydrogens is 296 g/mol. The molecule has 0 unspecified atom stereocenters. The van der Waals surface area contributed by atoms with Gasteiger partial charge in [-0.2, -0.15) is 0 Å². The Labute approximate surface area is 134 Å². The molecule has 0 saturated heterocycles. The maximum Gasteiger partial charge on any atom is 0.126 e. The average molecular weight is 316 g/mol. The van der Waals surface area contributed by atoms with Crippen molar-refractivity contribution in [1.29, 1.82) is 0 Å². The first-order valence-corrected chi connectivity index (χ1v) is 8.25. The first-order chi connectivity index (χ1) is 10.8. The number of methoxy groups -OCH3 is 2. The second-order valence-corrected chi connectivity index (χ2v) is 6.18. The molecule has 0 saturated carbocycles. The fraction of sp³-hybridized carbons (Fsp3) is 0.353. The number of ether oxygens (including phenoxy) is 2. The lowest BCUT2D eigenvalue weighted by Crippen LogP contribution is -1.96. The summed E-state index contributed by atoms with van der Waals surface area (Å²) in [5.74, 6) is 1.64. The van der Waals surface area contributed by atoms with Crippen LogP contribution in [-0.4, -0.2) is 25.7 Å². The van der Waals surface area contributed by atoms with Gasteiger partial charge in [-0.3, -0.25) is 0 Å². The summed E-state index contributed by atoms with van der Waals surface area (Å²) in [5, 5.41) is 5.70. The Morgan fingerprint density at radius 2 is 2.09 bits per heavy atom. The molecule has 1 aliphatic rings. The number of thiazole rings is 1. The number of fused-ring (bicyclic) bond motifs is 1. The lowest BCUT2D eigenvalue weighted by Gasteiger charge is -2.06. The summed E-state index contributed by atoms with van der Waals surface area (Å²) < 4.78 is 10.7. The van der Waals surface area contributed by atoms with E-state index in [-0.39, 0.29) is 0 Å². The van der Waals surface area contributed by atoms with E-state index >= 15 is 0 Å². The van der Waals surface area contributed by atoms with Gasteiger partial charge in [0.2, 0.25) is 0 Å². The largest absolute Gasteiger partial charge is 0.497 e. The molecule has 0 atom stereocenters. The smallest absolute Gasteiger partial charge is 0.126 e. The molecule has 2 heterocycles. The monoisotopic (exact) mass is 316 g/mol. The van der Waals surface area contributed by atoms with Crippen molar-refractivity contribution in [2.24, 2.45) is 0 Å². The first kappa shape index (κ1) is 14.9. The first-order valence-electron chi connectivity index (χ1n) is 7.44. The van der Waals surface area contributed by atoms with E-state index in [0.29, 0.717) is 0 Å². The molecule has 4 nitrogen and oxygen atoms in total. The molecule has 0 radical (unpaired) electrons. The quantitative estimate of drug-likeness (QED) is 0.923. The van der Waals surface area contributed by atoms with E-state index in [9.17, 15) is 0 Å². The summed E-state index contributed by atoms with van der Waals surface area (Å²) in [6.07, 6.45) is 7.55. The number of rotatable bonds is 4. The van der Waals surface area contributed by atoms with E-state index in [1.165, 1.54) is 23.5 Å². The van der Waals surface area contributed by atoms with Crippen LogP contribution in [0, 0.1) is 0 Å². The van der Waals surface area contributed by atoms with Crippen molar-refractivity contribution in [1.82, 2.24) is 4.98 Å². The van der Waals surface area contributed by atoms with Crippen LogP contribution in [0.2, 0.25) is 0 Å². The third kappa shape index (κ3) is 3.25. The minimum atomic E-state index is 0.817. The van der Waals surface area contributed by atoms with Crippen LogP contribution in [0.25, 0.3) is 12.2 Å². The van der Waals surface area contributed by atoms with Gasteiger partial charge in [0.1, 0.15) is 21.5 Å². The molecule has 0 spiro atoms. The Kier molecular flexibility index (Phi) is 4.63. The predicted molar refractivity (Wildman–Crippen MR) is 92.0 cm³/mol. The maximum atomic E-state index is 5.39. The summed E-state index contributed by atoms with van der Waals surface area (Å²) in [6.45, 7) is 1.04. The van der Waals surface area contributed by atoms with Crippen molar-refractivity contribution < 1.29 is 9.47 Å². The lowest BCUT2D eigenvalue weighted by atomic mass is 10.1. The van der Waals surface area contributed by atoms with Crippen LogP contribution >= 0.6 is 11.3 Å². The molecule has 0 bridgehead atoms. The highest BCUT2D eigenvalue weighted by atomic mass is 32.1. The van der Waals surface area contributed by atoms with Crippen molar-refractivity contribution >= 4 is 28.5 Å². The molecule has 1 aromatic heterocycles. The fourth-order valence-electron chi connectivity index (χ4n) is 2.50. The standard InChI is InChI=1S/C17H20N2O2S/c1-20-13-7-8-15(21-2)12(11-13)6-9-16-19-14-5-3-4-10-18-17(14)22-16/h6-9,11,18H,3-5,10H2,1-2H3. The van der Waals surface area contributed by atoms with Gasteiger partial charge < -0.3 is 14.8 Å². The van der Waals surface area contributed by atoms with Crippen molar-refractivity contribution in [3.8, 4) is 11.5 Å². The molecular formula is C17H20N2O2S. The zero-order valence-corrected chi connectivity index (χ0v) is 13.7. The highest BCUT2D eigenvalue weighted by Gasteiger charge is 2.12. The molecule has 3 rings (SSSR count). The molecule has 5 heteroatoms. The Morgan fingerprint density at radius 1 is 1.18 bits per heavy atom. The Bertz CT molecular complexity index is 656. The van der Waals surface area contributed by atoms with E-state index in [1.54, 1.807) is 25.6 Å². The van der Waals surface area contributed by atoms with Crippen LogP contribution in [0.4, 0.5) is 5.00 Å². The van der Waals surface area contributed by atoms with Crippen molar-refractivity contribution in [2.45, 2.75) is 19.3 Å². The van der Waals surface area contributed by atoms with E-state index in [1.807, 2.05) is 30.4 Å². The number of aromatic nitrogens is 1. The van der Waals surface area contributed by atoms with Gasteiger partial charge in [-0.15, -0.1) is 0 Å². The summed E-state index contributed by atoms with van der Waals surface area (Å²) in [4.78, 5) is 4.72. The second-order valence-electron chi connectivity index (χ2n) is 5.15. The minimum Gasteiger partial charge on any atom is -0.497 e. The molecule has 0 aliphatic carbocycles. The summed E-state index contributed by atoms with van der Waals surface area (Å²) in [6, 6.07) is 5.77. The summed E-state index contributed by atoms with van der Waals surface area (Å²) >= 11 is 1.71. The van der Waals surface area contributed by atoms with Gasteiger partial charge in [0.25, 0.3) is 0 Å². The number of nitrogens with zero attached hydrogens (tertiary/aromatic N) is 1. The van der Waals surface area contributed by atoms with E-state index in [0.717, 1.165) is 35.0 Å². The van der Waals surface area contributed by atoms with E-state index in [4.69, 9.17) is 14.5 Å². The normalized spacial score (nSPS) is 14.3. The number of benzene rings is 1.